The molecule has 1 aromatic heterocycles. The summed E-state index contributed by atoms with van der Waals surface area (Å²) < 4.78 is 6.04. The highest BCUT2D eigenvalue weighted by Crippen LogP contribution is 2.39. The van der Waals surface area contributed by atoms with Crippen molar-refractivity contribution in [1.29, 1.82) is 0 Å². The summed E-state index contributed by atoms with van der Waals surface area (Å²) in [6.07, 6.45) is 0.178. The number of carbonyl (C=O) groups excluding carboxylic acids is 1. The molecular weight excluding hydrogens is 392 g/mol. The molecule has 1 aliphatic heterocycles. The molecule has 1 aliphatic rings. The zero-order valence-electron chi connectivity index (χ0n) is 17.0. The van der Waals surface area contributed by atoms with Crippen LogP contribution in [0.2, 0.25) is 0 Å². The van der Waals surface area contributed by atoms with Gasteiger partial charge in [-0.15, -0.1) is 11.3 Å². The van der Waals surface area contributed by atoms with E-state index in [2.05, 4.69) is 35.3 Å². The van der Waals surface area contributed by atoms with Gasteiger partial charge in [-0.25, -0.2) is 4.98 Å². The van der Waals surface area contributed by atoms with E-state index >= 15 is 0 Å². The van der Waals surface area contributed by atoms with Crippen LogP contribution in [0, 0.1) is 6.92 Å². The molecule has 1 amide bonds. The quantitative estimate of drug-likeness (QED) is 0.413. The highest BCUT2D eigenvalue weighted by atomic mass is 32.1. The van der Waals surface area contributed by atoms with Crippen LogP contribution in [-0.4, -0.2) is 17.0 Å². The minimum atomic E-state index is -0.458. The van der Waals surface area contributed by atoms with Crippen LogP contribution in [-0.2, 0) is 11.3 Å². The summed E-state index contributed by atoms with van der Waals surface area (Å²) >= 11 is 1.62. The Hall–Kier alpha value is -3.18. The summed E-state index contributed by atoms with van der Waals surface area (Å²) in [4.78, 5) is 19.8. The number of hydrogen-bond donors (Lipinski definition) is 0. The molecule has 0 saturated heterocycles. The van der Waals surface area contributed by atoms with Gasteiger partial charge in [0.2, 0.25) is 0 Å². The number of aromatic nitrogens is 1. The van der Waals surface area contributed by atoms with Gasteiger partial charge in [-0.1, -0.05) is 49.4 Å². The zero-order valence-corrected chi connectivity index (χ0v) is 17.8. The number of aryl methyl sites for hydroxylation is 1. The normalized spacial score (nSPS) is 15.9. The molecule has 0 radical (unpaired) electrons. The van der Waals surface area contributed by atoms with Crippen molar-refractivity contribution in [2.45, 2.75) is 32.9 Å². The maximum Gasteiger partial charge on any atom is 0.268 e. The maximum atomic E-state index is 13.3. The van der Waals surface area contributed by atoms with E-state index in [-0.39, 0.29) is 5.91 Å². The molecule has 30 heavy (non-hydrogen) atoms. The fraction of sp³-hybridized carbons (Fsp3) is 0.200. The van der Waals surface area contributed by atoms with E-state index < -0.39 is 6.10 Å². The number of amides is 1. The molecule has 1 unspecified atom stereocenters. The van der Waals surface area contributed by atoms with E-state index in [0.29, 0.717) is 13.0 Å². The summed E-state index contributed by atoms with van der Waals surface area (Å²) in [6, 6.07) is 20.6. The van der Waals surface area contributed by atoms with E-state index in [1.54, 1.807) is 11.3 Å². The van der Waals surface area contributed by atoms with Crippen molar-refractivity contribution in [3.63, 3.8) is 0 Å². The molecule has 0 aliphatic carbocycles. The molecule has 0 bridgehead atoms. The number of carbonyl (C=O) groups is 1. The van der Waals surface area contributed by atoms with Crippen molar-refractivity contribution >= 4 is 33.7 Å². The van der Waals surface area contributed by atoms with Crippen LogP contribution in [0.5, 0.6) is 5.75 Å². The highest BCUT2D eigenvalue weighted by Gasteiger charge is 2.34. The molecule has 4 aromatic rings. The van der Waals surface area contributed by atoms with Crippen LogP contribution in [0.25, 0.3) is 22.0 Å². The van der Waals surface area contributed by atoms with Gasteiger partial charge in [-0.3, -0.25) is 4.79 Å². The van der Waals surface area contributed by atoms with Crippen LogP contribution in [0.1, 0.15) is 23.9 Å². The summed E-state index contributed by atoms with van der Waals surface area (Å²) in [7, 11) is 0. The molecule has 2 heterocycles. The summed E-state index contributed by atoms with van der Waals surface area (Å²) in [5, 5.41) is 5.41. The lowest BCUT2D eigenvalue weighted by molar-refractivity contribution is -0.126. The minimum Gasteiger partial charge on any atom is -0.478 e. The van der Waals surface area contributed by atoms with Crippen LogP contribution in [0.3, 0.4) is 0 Å². The van der Waals surface area contributed by atoms with Crippen molar-refractivity contribution in [1.82, 2.24) is 4.98 Å². The Kier molecular flexibility index (Phi) is 4.75. The number of anilines is 1. The number of ether oxygens (including phenoxy) is 1. The summed E-state index contributed by atoms with van der Waals surface area (Å²) in [6.45, 7) is 4.49. The Labute approximate surface area is 179 Å². The third kappa shape index (κ3) is 3.25. The smallest absolute Gasteiger partial charge is 0.268 e. The molecule has 0 fully saturated rings. The topological polar surface area (TPSA) is 42.4 Å². The maximum absolute atomic E-state index is 13.3. The Balaban J connectivity index is 1.60. The number of thiazole rings is 1. The van der Waals surface area contributed by atoms with Crippen LogP contribution in [0.15, 0.2) is 66.0 Å². The first-order valence-electron chi connectivity index (χ1n) is 10.2. The predicted octanol–water partition coefficient (Wildman–Crippen LogP) is 5.98. The third-order valence-electron chi connectivity index (χ3n) is 5.55. The highest BCUT2D eigenvalue weighted by molar-refractivity contribution is 7.09. The average molecular weight is 415 g/mol. The van der Waals surface area contributed by atoms with Crippen molar-refractivity contribution < 1.29 is 9.53 Å². The van der Waals surface area contributed by atoms with Crippen LogP contribution in [0.4, 0.5) is 5.69 Å². The third-order valence-corrected chi connectivity index (χ3v) is 6.33. The van der Waals surface area contributed by atoms with E-state index in [1.807, 2.05) is 54.5 Å². The predicted molar refractivity (Wildman–Crippen MR) is 122 cm³/mol. The second-order valence-corrected chi connectivity index (χ2v) is 8.57. The van der Waals surface area contributed by atoms with E-state index in [1.165, 1.54) is 10.8 Å². The number of benzene rings is 3. The Morgan fingerprint density at radius 2 is 1.93 bits per heavy atom. The number of nitrogens with zero attached hydrogens (tertiary/aromatic N) is 2. The second kappa shape index (κ2) is 7.58. The van der Waals surface area contributed by atoms with Gasteiger partial charge in [-0.2, -0.15) is 0 Å². The van der Waals surface area contributed by atoms with E-state index in [4.69, 9.17) is 4.74 Å². The number of rotatable bonds is 4. The largest absolute Gasteiger partial charge is 0.478 e. The van der Waals surface area contributed by atoms with Gasteiger partial charge in [0, 0.05) is 10.9 Å². The van der Waals surface area contributed by atoms with Crippen molar-refractivity contribution in [3.05, 3.63) is 76.6 Å². The average Bonchev–Trinajstić information content (AvgIpc) is 3.21. The van der Waals surface area contributed by atoms with Crippen LogP contribution < -0.4 is 9.64 Å². The fourth-order valence-corrected chi connectivity index (χ4v) is 4.62. The number of fused-ring (bicyclic) bond motifs is 2. The first-order chi connectivity index (χ1) is 14.6. The van der Waals surface area contributed by atoms with Gasteiger partial charge in [0.25, 0.3) is 5.91 Å². The Bertz CT molecular complexity index is 1240. The molecule has 5 rings (SSSR count). The Morgan fingerprint density at radius 1 is 1.10 bits per heavy atom. The van der Waals surface area contributed by atoms with Gasteiger partial charge in [0.05, 0.1) is 22.9 Å². The second-order valence-electron chi connectivity index (χ2n) is 7.51. The van der Waals surface area contributed by atoms with Gasteiger partial charge in [0.1, 0.15) is 5.75 Å². The SMILES string of the molecule is CCC1Oc2ccc(-c3csc(C)n3)cc2N(Cc2cccc3ccccc23)C1=O. The molecular formula is C25H22N2O2S. The van der Waals surface area contributed by atoms with Gasteiger partial charge in [-0.05, 0) is 47.9 Å². The Morgan fingerprint density at radius 3 is 2.73 bits per heavy atom. The lowest BCUT2D eigenvalue weighted by Gasteiger charge is -2.34. The molecule has 3 aromatic carbocycles. The van der Waals surface area contributed by atoms with E-state index in [0.717, 1.165) is 33.3 Å². The van der Waals surface area contributed by atoms with Crippen molar-refractivity contribution in [3.8, 4) is 17.0 Å². The van der Waals surface area contributed by atoms with Gasteiger partial charge in [0.15, 0.2) is 6.10 Å². The van der Waals surface area contributed by atoms with Crippen molar-refractivity contribution in [2.75, 3.05) is 4.90 Å². The molecule has 0 saturated carbocycles. The first-order valence-corrected chi connectivity index (χ1v) is 11.0. The van der Waals surface area contributed by atoms with Gasteiger partial charge >= 0.3 is 0 Å². The summed E-state index contributed by atoms with van der Waals surface area (Å²) in [5.74, 6) is 0.752. The monoisotopic (exact) mass is 414 g/mol. The standard InChI is InChI=1S/C25H22N2O2S/c1-3-23-25(28)27(14-19-9-6-8-17-7-4-5-10-20(17)19)22-13-18(11-12-24(22)29-23)21-15-30-16(2)26-21/h4-13,15,23H,3,14H2,1-2H3. The molecule has 5 heteroatoms. The minimum absolute atomic E-state index is 0.00421. The molecule has 0 spiro atoms. The molecule has 1 atom stereocenters. The lowest BCUT2D eigenvalue weighted by Crippen LogP contribution is -2.45. The first kappa shape index (κ1) is 18.8. The lowest BCUT2D eigenvalue weighted by atomic mass is 10.0. The van der Waals surface area contributed by atoms with Crippen LogP contribution >= 0.6 is 11.3 Å². The van der Waals surface area contributed by atoms with Gasteiger partial charge < -0.3 is 9.64 Å². The number of hydrogen-bond acceptors (Lipinski definition) is 4. The molecule has 4 nitrogen and oxygen atoms in total. The zero-order chi connectivity index (χ0) is 20.7. The molecule has 150 valence electrons. The fourth-order valence-electron chi connectivity index (χ4n) is 4.00. The summed E-state index contributed by atoms with van der Waals surface area (Å²) in [5.41, 5.74) is 3.85. The van der Waals surface area contributed by atoms with Crippen molar-refractivity contribution in [2.24, 2.45) is 0 Å². The van der Waals surface area contributed by atoms with E-state index in [9.17, 15) is 4.79 Å². The molecule has 0 N–H and O–H groups in total.